The summed E-state index contributed by atoms with van der Waals surface area (Å²) in [5.41, 5.74) is -0.267. The number of aromatic amines is 1. The fraction of sp³-hybridized carbons (Fsp3) is 0.222. The molecule has 0 aliphatic heterocycles. The molecule has 15 heavy (non-hydrogen) atoms. The zero-order valence-electron chi connectivity index (χ0n) is 7.94. The van der Waals surface area contributed by atoms with Gasteiger partial charge in [-0.15, -0.1) is 0 Å². The monoisotopic (exact) mass is 211 g/mol. The number of esters is 1. The minimum atomic E-state index is -1.12. The Balaban J connectivity index is 3.19. The molecule has 1 heterocycles. The van der Waals surface area contributed by atoms with Crippen LogP contribution in [0.25, 0.3) is 0 Å². The summed E-state index contributed by atoms with van der Waals surface area (Å²) in [6.07, 6.45) is 0.751. The van der Waals surface area contributed by atoms with Crippen molar-refractivity contribution in [2.45, 2.75) is 6.42 Å². The Labute approximate surface area is 84.5 Å². The molecule has 0 spiro atoms. The van der Waals surface area contributed by atoms with Crippen LogP contribution >= 0.6 is 0 Å². The predicted molar refractivity (Wildman–Crippen MR) is 49.7 cm³/mol. The number of methoxy groups -OCH3 is 1. The van der Waals surface area contributed by atoms with E-state index in [1.54, 1.807) is 0 Å². The normalized spacial score (nSPS) is 9.67. The molecule has 1 rings (SSSR count). The summed E-state index contributed by atoms with van der Waals surface area (Å²) in [6.45, 7) is 0. The first-order valence-electron chi connectivity index (χ1n) is 4.06. The van der Waals surface area contributed by atoms with Crippen molar-refractivity contribution in [2.24, 2.45) is 0 Å². The van der Waals surface area contributed by atoms with E-state index < -0.39 is 23.9 Å². The quantitative estimate of drug-likeness (QED) is 0.674. The summed E-state index contributed by atoms with van der Waals surface area (Å²) in [7, 11) is 1.18. The summed E-state index contributed by atoms with van der Waals surface area (Å²) in [5.74, 6) is -1.80. The number of nitrogens with one attached hydrogen (secondary N) is 1. The minimum Gasteiger partial charge on any atom is -0.481 e. The van der Waals surface area contributed by atoms with Crippen LogP contribution in [0.3, 0.4) is 0 Å². The standard InChI is InChI=1S/C9H9NO5/c1-15-9(14)6-4-10-7(11)2-5(6)3-8(12)13/h2,4H,3H2,1H3,(H,10,11)(H,12,13). The van der Waals surface area contributed by atoms with Gasteiger partial charge in [-0.1, -0.05) is 0 Å². The average molecular weight is 211 g/mol. The number of aromatic nitrogens is 1. The Hall–Kier alpha value is -2.11. The fourth-order valence-electron chi connectivity index (χ4n) is 1.12. The zero-order chi connectivity index (χ0) is 11.4. The van der Waals surface area contributed by atoms with Crippen LogP contribution in [0.2, 0.25) is 0 Å². The van der Waals surface area contributed by atoms with Crippen LogP contribution in [0.15, 0.2) is 17.1 Å². The van der Waals surface area contributed by atoms with Gasteiger partial charge in [0.1, 0.15) is 0 Å². The van der Waals surface area contributed by atoms with Crippen LogP contribution in [0.4, 0.5) is 0 Å². The number of aliphatic carboxylic acids is 1. The zero-order valence-corrected chi connectivity index (χ0v) is 7.94. The molecule has 2 N–H and O–H groups in total. The average Bonchev–Trinajstić information content (AvgIpc) is 2.16. The molecule has 0 aliphatic carbocycles. The maximum Gasteiger partial charge on any atom is 0.339 e. The molecule has 1 aromatic heterocycles. The predicted octanol–water partition coefficient (Wildman–Crippen LogP) is -0.211. The van der Waals surface area contributed by atoms with E-state index >= 15 is 0 Å². The van der Waals surface area contributed by atoms with E-state index in [-0.39, 0.29) is 11.1 Å². The number of H-pyrrole nitrogens is 1. The number of hydrogen-bond donors (Lipinski definition) is 2. The third-order valence-corrected chi connectivity index (χ3v) is 1.76. The van der Waals surface area contributed by atoms with Gasteiger partial charge < -0.3 is 14.8 Å². The third kappa shape index (κ3) is 2.67. The van der Waals surface area contributed by atoms with Gasteiger partial charge in [-0.05, 0) is 5.56 Å². The summed E-state index contributed by atoms with van der Waals surface area (Å²) in [6, 6.07) is 1.07. The lowest BCUT2D eigenvalue weighted by atomic mass is 10.1. The van der Waals surface area contributed by atoms with E-state index in [0.29, 0.717) is 0 Å². The highest BCUT2D eigenvalue weighted by Gasteiger charge is 2.14. The lowest BCUT2D eigenvalue weighted by Gasteiger charge is -2.04. The fourth-order valence-corrected chi connectivity index (χ4v) is 1.12. The maximum atomic E-state index is 11.2. The van der Waals surface area contributed by atoms with Crippen LogP contribution < -0.4 is 5.56 Å². The highest BCUT2D eigenvalue weighted by molar-refractivity contribution is 5.91. The number of carboxylic acid groups (broad SMARTS) is 1. The Kier molecular flexibility index (Phi) is 3.22. The maximum absolute atomic E-state index is 11.2. The molecular formula is C9H9NO5. The molecular weight excluding hydrogens is 202 g/mol. The number of carbonyl (C=O) groups excluding carboxylic acids is 1. The lowest BCUT2D eigenvalue weighted by Crippen LogP contribution is -2.15. The van der Waals surface area contributed by atoms with Crippen molar-refractivity contribution in [3.05, 3.63) is 33.7 Å². The molecule has 1 aromatic rings. The van der Waals surface area contributed by atoms with Crippen molar-refractivity contribution in [2.75, 3.05) is 7.11 Å². The Morgan fingerprint density at radius 2 is 2.20 bits per heavy atom. The van der Waals surface area contributed by atoms with Crippen molar-refractivity contribution in [1.82, 2.24) is 4.98 Å². The SMILES string of the molecule is COC(=O)c1c[nH]c(=O)cc1CC(=O)O. The number of pyridine rings is 1. The van der Waals surface area contributed by atoms with Crippen molar-refractivity contribution in [1.29, 1.82) is 0 Å². The van der Waals surface area contributed by atoms with Gasteiger partial charge in [0.05, 0.1) is 19.1 Å². The van der Waals surface area contributed by atoms with Gasteiger partial charge in [0, 0.05) is 12.3 Å². The van der Waals surface area contributed by atoms with Gasteiger partial charge in [-0.3, -0.25) is 9.59 Å². The first kappa shape index (κ1) is 11.0. The van der Waals surface area contributed by atoms with Crippen molar-refractivity contribution in [3.8, 4) is 0 Å². The second-order valence-electron chi connectivity index (χ2n) is 2.80. The Bertz CT molecular complexity index is 448. The molecule has 0 atom stereocenters. The topological polar surface area (TPSA) is 96.5 Å². The minimum absolute atomic E-state index is 0.0551. The van der Waals surface area contributed by atoms with Crippen LogP contribution in [0.5, 0.6) is 0 Å². The van der Waals surface area contributed by atoms with E-state index in [1.807, 2.05) is 0 Å². The Morgan fingerprint density at radius 3 is 2.73 bits per heavy atom. The molecule has 6 nitrogen and oxygen atoms in total. The van der Waals surface area contributed by atoms with Gasteiger partial charge in [0.2, 0.25) is 5.56 Å². The number of rotatable bonds is 3. The molecule has 0 radical (unpaired) electrons. The van der Waals surface area contributed by atoms with E-state index in [1.165, 1.54) is 7.11 Å². The molecule has 0 aliphatic rings. The summed E-state index contributed by atoms with van der Waals surface area (Å²) < 4.78 is 4.44. The molecule has 0 fully saturated rings. The van der Waals surface area contributed by atoms with Crippen molar-refractivity contribution >= 4 is 11.9 Å². The van der Waals surface area contributed by atoms with E-state index in [4.69, 9.17) is 5.11 Å². The first-order valence-corrected chi connectivity index (χ1v) is 4.06. The first-order chi connectivity index (χ1) is 7.04. The van der Waals surface area contributed by atoms with Gasteiger partial charge in [-0.2, -0.15) is 0 Å². The number of carboxylic acids is 1. The lowest BCUT2D eigenvalue weighted by molar-refractivity contribution is -0.136. The van der Waals surface area contributed by atoms with E-state index in [9.17, 15) is 14.4 Å². The van der Waals surface area contributed by atoms with Crippen molar-refractivity contribution < 1.29 is 19.4 Å². The van der Waals surface area contributed by atoms with Crippen LogP contribution in [-0.4, -0.2) is 29.1 Å². The van der Waals surface area contributed by atoms with Gasteiger partial charge >= 0.3 is 11.9 Å². The smallest absolute Gasteiger partial charge is 0.339 e. The summed E-state index contributed by atoms with van der Waals surface area (Å²) >= 11 is 0. The van der Waals surface area contributed by atoms with Crippen LogP contribution in [0.1, 0.15) is 15.9 Å². The van der Waals surface area contributed by atoms with E-state index in [0.717, 1.165) is 12.3 Å². The molecule has 0 saturated heterocycles. The highest BCUT2D eigenvalue weighted by atomic mass is 16.5. The van der Waals surface area contributed by atoms with E-state index in [2.05, 4.69) is 9.72 Å². The van der Waals surface area contributed by atoms with Crippen LogP contribution in [-0.2, 0) is 16.0 Å². The highest BCUT2D eigenvalue weighted by Crippen LogP contribution is 2.07. The molecule has 0 bridgehead atoms. The number of ether oxygens (including phenoxy) is 1. The molecule has 0 saturated carbocycles. The van der Waals surface area contributed by atoms with Crippen molar-refractivity contribution in [3.63, 3.8) is 0 Å². The van der Waals surface area contributed by atoms with Gasteiger partial charge in [0.15, 0.2) is 0 Å². The molecule has 0 amide bonds. The third-order valence-electron chi connectivity index (χ3n) is 1.76. The molecule has 0 unspecified atom stereocenters. The molecule has 80 valence electrons. The second-order valence-corrected chi connectivity index (χ2v) is 2.80. The summed E-state index contributed by atoms with van der Waals surface area (Å²) in [4.78, 5) is 34.9. The molecule has 0 aromatic carbocycles. The van der Waals surface area contributed by atoms with Crippen LogP contribution in [0, 0.1) is 0 Å². The summed E-state index contributed by atoms with van der Waals surface area (Å²) in [5, 5.41) is 8.57. The largest absolute Gasteiger partial charge is 0.481 e. The van der Waals surface area contributed by atoms with Gasteiger partial charge in [-0.25, -0.2) is 4.79 Å². The second kappa shape index (κ2) is 4.41. The number of hydrogen-bond acceptors (Lipinski definition) is 4. The number of carbonyl (C=O) groups is 2. The van der Waals surface area contributed by atoms with Gasteiger partial charge in [0.25, 0.3) is 0 Å². The Morgan fingerprint density at radius 1 is 1.53 bits per heavy atom. The molecule has 6 heteroatoms.